The molecule has 20 heavy (non-hydrogen) atoms. The van der Waals surface area contributed by atoms with Crippen LogP contribution in [0.25, 0.3) is 0 Å². The lowest BCUT2D eigenvalue weighted by Gasteiger charge is -2.07. The Kier molecular flexibility index (Phi) is 5.88. The Hall–Kier alpha value is -2.19. The first kappa shape index (κ1) is 15.9. The Morgan fingerprint density at radius 2 is 1.95 bits per heavy atom. The van der Waals surface area contributed by atoms with Crippen LogP contribution in [0.3, 0.4) is 0 Å². The number of carboxylic acids is 1. The van der Waals surface area contributed by atoms with E-state index in [2.05, 4.69) is 10.1 Å². The normalized spacial score (nSPS) is 9.90. The van der Waals surface area contributed by atoms with E-state index in [0.29, 0.717) is 0 Å². The molecule has 0 bridgehead atoms. The summed E-state index contributed by atoms with van der Waals surface area (Å²) in [5.74, 6) is -2.73. The molecule has 108 valence electrons. The maximum atomic E-state index is 13.0. The van der Waals surface area contributed by atoms with Crippen molar-refractivity contribution in [3.63, 3.8) is 0 Å². The third kappa shape index (κ3) is 6.12. The summed E-state index contributed by atoms with van der Waals surface area (Å²) in [7, 11) is 0. The predicted octanol–water partition coefficient (Wildman–Crippen LogP) is 1.23. The van der Waals surface area contributed by atoms with E-state index in [0.717, 1.165) is 12.1 Å². The molecule has 1 aromatic rings. The number of halogens is 2. The van der Waals surface area contributed by atoms with Gasteiger partial charge in [-0.2, -0.15) is 0 Å². The van der Waals surface area contributed by atoms with E-state index in [-0.39, 0.29) is 10.7 Å². The smallest absolute Gasteiger partial charge is 0.329 e. The minimum atomic E-state index is -1.24. The largest absolute Gasteiger partial charge is 0.480 e. The zero-order valence-electron chi connectivity index (χ0n) is 9.98. The fourth-order valence-electron chi connectivity index (χ4n) is 1.18. The summed E-state index contributed by atoms with van der Waals surface area (Å²) in [4.78, 5) is 32.7. The van der Waals surface area contributed by atoms with E-state index in [9.17, 15) is 18.8 Å². The van der Waals surface area contributed by atoms with Crippen LogP contribution in [0.15, 0.2) is 18.2 Å². The molecule has 0 fully saturated rings. The third-order valence-electron chi connectivity index (χ3n) is 1.83. The first-order valence-corrected chi connectivity index (χ1v) is 5.61. The Balaban J connectivity index is 2.43. The number of ether oxygens (including phenoxy) is 1. The fourth-order valence-corrected chi connectivity index (χ4v) is 1.40. The number of carboxylic acid groups (broad SMARTS) is 1. The highest BCUT2D eigenvalue weighted by Gasteiger charge is 2.10. The molecule has 9 heteroatoms. The minimum absolute atomic E-state index is 0.0618. The number of carbonyl (C=O) groups is 3. The molecule has 0 saturated heterocycles. The fraction of sp³-hybridized carbons (Fsp3) is 0.182. The van der Waals surface area contributed by atoms with Gasteiger partial charge in [-0.15, -0.1) is 0 Å². The average molecular weight is 305 g/mol. The molecular weight excluding hydrogens is 295 g/mol. The van der Waals surface area contributed by atoms with Gasteiger partial charge in [0.25, 0.3) is 5.91 Å². The van der Waals surface area contributed by atoms with E-state index in [1.54, 1.807) is 0 Å². The van der Waals surface area contributed by atoms with Gasteiger partial charge in [0, 0.05) is 10.7 Å². The van der Waals surface area contributed by atoms with Crippen molar-refractivity contribution in [2.75, 3.05) is 18.5 Å². The standard InChI is InChI=1S/C11H10ClFN2O5/c12-6-1-7(13)3-8(2-6)14-11(19)15-9(16)4-20-5-10(17)18/h1-3H,4-5H2,(H,17,18)(H2,14,15,16,19). The number of anilines is 1. The summed E-state index contributed by atoms with van der Waals surface area (Å²) in [5, 5.41) is 12.4. The van der Waals surface area contributed by atoms with Crippen LogP contribution in [0, 0.1) is 5.82 Å². The molecule has 0 saturated carbocycles. The monoisotopic (exact) mass is 304 g/mol. The van der Waals surface area contributed by atoms with Crippen LogP contribution >= 0.6 is 11.6 Å². The number of amides is 3. The number of hydrogen-bond acceptors (Lipinski definition) is 4. The highest BCUT2D eigenvalue weighted by molar-refractivity contribution is 6.30. The first-order chi connectivity index (χ1) is 9.36. The lowest BCUT2D eigenvalue weighted by Crippen LogP contribution is -2.37. The van der Waals surface area contributed by atoms with Crippen LogP contribution in [0.1, 0.15) is 0 Å². The lowest BCUT2D eigenvalue weighted by molar-refractivity contribution is -0.143. The summed E-state index contributed by atoms with van der Waals surface area (Å²) >= 11 is 5.58. The van der Waals surface area contributed by atoms with Crippen molar-refractivity contribution >= 4 is 35.2 Å². The molecule has 3 amide bonds. The van der Waals surface area contributed by atoms with Crippen LogP contribution < -0.4 is 10.6 Å². The Labute approximate surface area is 117 Å². The van der Waals surface area contributed by atoms with Gasteiger partial charge < -0.3 is 15.2 Å². The summed E-state index contributed by atoms with van der Waals surface area (Å²) in [6.07, 6.45) is 0. The SMILES string of the molecule is O=C(O)COCC(=O)NC(=O)Nc1cc(F)cc(Cl)c1. The van der Waals surface area contributed by atoms with Crippen LogP contribution in [0.2, 0.25) is 5.02 Å². The van der Waals surface area contributed by atoms with Gasteiger partial charge in [-0.05, 0) is 18.2 Å². The number of aliphatic carboxylic acids is 1. The molecule has 0 radical (unpaired) electrons. The van der Waals surface area contributed by atoms with Crippen molar-refractivity contribution < 1.29 is 28.6 Å². The van der Waals surface area contributed by atoms with Crippen LogP contribution in [0.4, 0.5) is 14.9 Å². The van der Waals surface area contributed by atoms with E-state index < -0.39 is 36.9 Å². The number of rotatable bonds is 5. The molecular formula is C11H10ClFN2O5. The van der Waals surface area contributed by atoms with Gasteiger partial charge in [-0.3, -0.25) is 10.1 Å². The molecule has 1 aromatic carbocycles. The first-order valence-electron chi connectivity index (χ1n) is 5.23. The molecule has 3 N–H and O–H groups in total. The number of urea groups is 1. The summed E-state index contributed by atoms with van der Waals surface area (Å²) in [6.45, 7) is -1.25. The van der Waals surface area contributed by atoms with Crippen LogP contribution in [-0.2, 0) is 14.3 Å². The van der Waals surface area contributed by atoms with Gasteiger partial charge in [0.1, 0.15) is 19.0 Å². The Morgan fingerprint density at radius 3 is 2.55 bits per heavy atom. The molecule has 0 spiro atoms. The molecule has 0 aliphatic carbocycles. The van der Waals surface area contributed by atoms with Gasteiger partial charge in [0.15, 0.2) is 0 Å². The number of benzene rings is 1. The average Bonchev–Trinajstić information content (AvgIpc) is 2.25. The van der Waals surface area contributed by atoms with E-state index >= 15 is 0 Å². The molecule has 0 aliphatic rings. The topological polar surface area (TPSA) is 105 Å². The zero-order chi connectivity index (χ0) is 15.1. The molecule has 0 atom stereocenters. The van der Waals surface area contributed by atoms with Gasteiger partial charge in [0.2, 0.25) is 0 Å². The molecule has 0 aromatic heterocycles. The van der Waals surface area contributed by atoms with Crippen LogP contribution in [-0.4, -0.2) is 36.2 Å². The highest BCUT2D eigenvalue weighted by Crippen LogP contribution is 2.17. The van der Waals surface area contributed by atoms with Crippen LogP contribution in [0.5, 0.6) is 0 Å². The van der Waals surface area contributed by atoms with Gasteiger partial charge in [-0.1, -0.05) is 11.6 Å². The summed E-state index contributed by atoms with van der Waals surface area (Å²) in [5.41, 5.74) is 0.0618. The maximum Gasteiger partial charge on any atom is 0.329 e. The maximum absolute atomic E-state index is 13.0. The number of imide groups is 1. The zero-order valence-corrected chi connectivity index (χ0v) is 10.7. The quantitative estimate of drug-likeness (QED) is 0.759. The Morgan fingerprint density at radius 1 is 1.25 bits per heavy atom. The van der Waals surface area contributed by atoms with E-state index in [1.165, 1.54) is 6.07 Å². The van der Waals surface area contributed by atoms with Crippen molar-refractivity contribution in [1.29, 1.82) is 0 Å². The second-order valence-corrected chi connectivity index (χ2v) is 3.98. The predicted molar refractivity (Wildman–Crippen MR) is 67.0 cm³/mol. The van der Waals surface area contributed by atoms with Crippen molar-refractivity contribution in [1.82, 2.24) is 5.32 Å². The third-order valence-corrected chi connectivity index (χ3v) is 2.05. The van der Waals surface area contributed by atoms with Crippen molar-refractivity contribution in [3.05, 3.63) is 29.0 Å². The lowest BCUT2D eigenvalue weighted by atomic mass is 10.3. The molecule has 0 aliphatic heterocycles. The number of nitrogens with one attached hydrogen (secondary N) is 2. The van der Waals surface area contributed by atoms with Crippen molar-refractivity contribution in [3.8, 4) is 0 Å². The summed E-state index contributed by atoms with van der Waals surface area (Å²) < 4.78 is 17.5. The summed E-state index contributed by atoms with van der Waals surface area (Å²) in [6, 6.07) is 2.43. The molecule has 7 nitrogen and oxygen atoms in total. The van der Waals surface area contributed by atoms with Gasteiger partial charge >= 0.3 is 12.0 Å². The van der Waals surface area contributed by atoms with Crippen molar-refractivity contribution in [2.45, 2.75) is 0 Å². The molecule has 1 rings (SSSR count). The second-order valence-electron chi connectivity index (χ2n) is 3.55. The van der Waals surface area contributed by atoms with Crippen molar-refractivity contribution in [2.24, 2.45) is 0 Å². The Bertz CT molecular complexity index is 517. The van der Waals surface area contributed by atoms with Gasteiger partial charge in [0.05, 0.1) is 0 Å². The van der Waals surface area contributed by atoms with Gasteiger partial charge in [-0.25, -0.2) is 14.0 Å². The molecule has 0 unspecified atom stereocenters. The number of carbonyl (C=O) groups excluding carboxylic acids is 2. The van der Waals surface area contributed by atoms with E-state index in [4.69, 9.17) is 16.7 Å². The number of hydrogen-bond donors (Lipinski definition) is 3. The highest BCUT2D eigenvalue weighted by atomic mass is 35.5. The minimum Gasteiger partial charge on any atom is -0.480 e. The second kappa shape index (κ2) is 7.41. The van der Waals surface area contributed by atoms with E-state index in [1.807, 2.05) is 5.32 Å². The molecule has 0 heterocycles.